The van der Waals surface area contributed by atoms with Crippen LogP contribution in [0.2, 0.25) is 0 Å². The number of benzene rings is 2. The lowest BCUT2D eigenvalue weighted by atomic mass is 9.94. The number of nitriles is 1. The largest absolute Gasteiger partial charge is 0.444 e. The van der Waals surface area contributed by atoms with Crippen molar-refractivity contribution in [2.75, 3.05) is 13.2 Å². The number of aliphatic hydroxyl groups is 2. The fourth-order valence-corrected chi connectivity index (χ4v) is 4.60. The van der Waals surface area contributed by atoms with Crippen molar-refractivity contribution >= 4 is 18.1 Å². The minimum absolute atomic E-state index is 0.182. The zero-order valence-corrected chi connectivity index (χ0v) is 28.3. The minimum Gasteiger partial charge on any atom is -0.444 e. The SMILES string of the molecule is Cc1cc(C#N)cc(C)c1C[C@@H](CO)NC(=O)OC(C)(C)C.Cc1cc(C(N)=O)cc(C)c1C[C@@H](CO)NC(=O)OC(C)(C)C. The van der Waals surface area contributed by atoms with Gasteiger partial charge in [0.2, 0.25) is 5.91 Å². The molecule has 11 heteroatoms. The molecule has 0 fully saturated rings. The number of rotatable bonds is 9. The van der Waals surface area contributed by atoms with Gasteiger partial charge in [-0.25, -0.2) is 9.59 Å². The highest BCUT2D eigenvalue weighted by Crippen LogP contribution is 2.20. The summed E-state index contributed by atoms with van der Waals surface area (Å²) in [7, 11) is 0. The first kappa shape index (κ1) is 38.9. The molecule has 2 atom stereocenters. The summed E-state index contributed by atoms with van der Waals surface area (Å²) in [5, 5.41) is 33.3. The zero-order chi connectivity index (χ0) is 34.7. The van der Waals surface area contributed by atoms with E-state index in [1.807, 2.05) is 39.8 Å². The fourth-order valence-electron chi connectivity index (χ4n) is 4.60. The molecule has 0 heterocycles. The van der Waals surface area contributed by atoms with Gasteiger partial charge in [0.25, 0.3) is 0 Å². The van der Waals surface area contributed by atoms with Gasteiger partial charge in [0.15, 0.2) is 0 Å². The lowest BCUT2D eigenvalue weighted by Gasteiger charge is -2.23. The fraction of sp³-hybridized carbons (Fsp3) is 0.529. The average molecular weight is 627 g/mol. The van der Waals surface area contributed by atoms with E-state index in [1.54, 1.807) is 53.7 Å². The molecule has 0 aromatic heterocycles. The van der Waals surface area contributed by atoms with E-state index in [4.69, 9.17) is 20.5 Å². The summed E-state index contributed by atoms with van der Waals surface area (Å²) < 4.78 is 10.4. The Balaban J connectivity index is 0.000000450. The first-order valence-corrected chi connectivity index (χ1v) is 14.8. The number of carbonyl (C=O) groups excluding carboxylic acids is 3. The number of ether oxygens (including phenoxy) is 2. The Kier molecular flexibility index (Phi) is 14.5. The normalized spacial score (nSPS) is 12.5. The Morgan fingerprint density at radius 3 is 1.36 bits per heavy atom. The third kappa shape index (κ3) is 14.0. The van der Waals surface area contributed by atoms with Gasteiger partial charge in [0.1, 0.15) is 11.2 Å². The maximum absolute atomic E-state index is 11.8. The van der Waals surface area contributed by atoms with Gasteiger partial charge in [-0.15, -0.1) is 0 Å². The second kappa shape index (κ2) is 16.8. The molecule has 0 bridgehead atoms. The van der Waals surface area contributed by atoms with Crippen molar-refractivity contribution in [3.05, 3.63) is 68.8 Å². The molecule has 0 saturated carbocycles. The van der Waals surface area contributed by atoms with Crippen LogP contribution in [-0.4, -0.2) is 64.8 Å². The quantitative estimate of drug-likeness (QED) is 0.271. The van der Waals surface area contributed by atoms with Gasteiger partial charge in [-0.05, 0) is 140 Å². The Morgan fingerprint density at radius 1 is 0.756 bits per heavy atom. The molecule has 2 aromatic carbocycles. The van der Waals surface area contributed by atoms with Crippen LogP contribution in [0.1, 0.15) is 90.8 Å². The van der Waals surface area contributed by atoms with Crippen LogP contribution in [0.4, 0.5) is 9.59 Å². The summed E-state index contributed by atoms with van der Waals surface area (Å²) in [6.45, 7) is 17.9. The predicted molar refractivity (Wildman–Crippen MR) is 173 cm³/mol. The summed E-state index contributed by atoms with van der Waals surface area (Å²) in [6.07, 6.45) is -0.193. The van der Waals surface area contributed by atoms with Gasteiger partial charge >= 0.3 is 12.2 Å². The third-order valence-electron chi connectivity index (χ3n) is 6.59. The maximum Gasteiger partial charge on any atom is 0.407 e. The van der Waals surface area contributed by atoms with Crippen LogP contribution in [0.5, 0.6) is 0 Å². The van der Waals surface area contributed by atoms with Crippen LogP contribution < -0.4 is 16.4 Å². The Hall–Kier alpha value is -4.14. The van der Waals surface area contributed by atoms with Crippen LogP contribution in [-0.2, 0) is 22.3 Å². The van der Waals surface area contributed by atoms with E-state index in [0.717, 1.165) is 33.4 Å². The number of primary amides is 1. The molecular weight excluding hydrogens is 576 g/mol. The third-order valence-corrected chi connectivity index (χ3v) is 6.59. The van der Waals surface area contributed by atoms with Gasteiger partial charge in [-0.3, -0.25) is 4.79 Å². The summed E-state index contributed by atoms with van der Waals surface area (Å²) in [4.78, 5) is 34.9. The van der Waals surface area contributed by atoms with Gasteiger partial charge < -0.3 is 36.1 Å². The molecule has 0 radical (unpaired) electrons. The van der Waals surface area contributed by atoms with E-state index >= 15 is 0 Å². The summed E-state index contributed by atoms with van der Waals surface area (Å²) in [5.74, 6) is -0.478. The summed E-state index contributed by atoms with van der Waals surface area (Å²) >= 11 is 0. The second-order valence-corrected chi connectivity index (χ2v) is 13.1. The Bertz CT molecular complexity index is 1340. The molecule has 0 unspecified atom stereocenters. The number of alkyl carbamates (subject to hydrolysis) is 2. The topological polar surface area (TPSA) is 184 Å². The molecule has 6 N–H and O–H groups in total. The summed E-state index contributed by atoms with van der Waals surface area (Å²) in [5.41, 5.74) is 10.9. The molecule has 248 valence electrons. The number of amides is 3. The van der Waals surface area contributed by atoms with Crippen molar-refractivity contribution in [3.8, 4) is 6.07 Å². The number of hydrogen-bond donors (Lipinski definition) is 5. The van der Waals surface area contributed by atoms with E-state index in [2.05, 4.69) is 16.7 Å². The lowest BCUT2D eigenvalue weighted by molar-refractivity contribution is 0.0472. The second-order valence-electron chi connectivity index (χ2n) is 13.1. The standard InChI is InChI=1S/C17H26N2O4.C17H24N2O3/c1-10-6-12(15(18)21)7-11(2)14(10)8-13(9-20)19-16(22)23-17(3,4)5;1-11-6-13(9-18)7-12(2)15(11)8-14(10-20)19-16(21)22-17(3,4)5/h6-7,13,20H,8-9H2,1-5H3,(H2,18,21)(H,19,22);6-7,14,20H,8,10H2,1-5H3,(H,19,21)/t13-;14-/m00/s1. The Labute approximate surface area is 267 Å². The van der Waals surface area contributed by atoms with Crippen molar-refractivity contribution in [2.24, 2.45) is 5.73 Å². The van der Waals surface area contributed by atoms with Gasteiger partial charge in [-0.2, -0.15) is 5.26 Å². The van der Waals surface area contributed by atoms with Gasteiger partial charge in [-0.1, -0.05) is 0 Å². The van der Waals surface area contributed by atoms with Crippen molar-refractivity contribution in [2.45, 2.75) is 105 Å². The van der Waals surface area contributed by atoms with E-state index < -0.39 is 41.4 Å². The zero-order valence-electron chi connectivity index (χ0n) is 28.3. The number of nitrogens with one attached hydrogen (secondary N) is 2. The molecule has 0 aliphatic heterocycles. The number of nitrogens with two attached hydrogens (primary N) is 1. The molecule has 0 spiro atoms. The molecule has 0 aliphatic rings. The van der Waals surface area contributed by atoms with E-state index in [9.17, 15) is 24.6 Å². The number of aliphatic hydroxyl groups excluding tert-OH is 2. The van der Waals surface area contributed by atoms with Gasteiger partial charge in [0.05, 0.1) is 36.9 Å². The van der Waals surface area contributed by atoms with Crippen LogP contribution >= 0.6 is 0 Å². The predicted octanol–water partition coefficient (Wildman–Crippen LogP) is 4.43. The van der Waals surface area contributed by atoms with E-state index in [0.29, 0.717) is 24.0 Å². The monoisotopic (exact) mass is 626 g/mol. The highest BCUT2D eigenvalue weighted by molar-refractivity contribution is 5.93. The molecule has 45 heavy (non-hydrogen) atoms. The summed E-state index contributed by atoms with van der Waals surface area (Å²) in [6, 6.07) is 8.27. The molecular formula is C34H50N4O7. The Morgan fingerprint density at radius 2 is 1.09 bits per heavy atom. The first-order chi connectivity index (χ1) is 20.7. The average Bonchev–Trinajstić information content (AvgIpc) is 2.89. The first-order valence-electron chi connectivity index (χ1n) is 14.8. The maximum atomic E-state index is 11.8. The molecule has 0 saturated heterocycles. The van der Waals surface area contributed by atoms with Crippen LogP contribution in [0, 0.1) is 39.0 Å². The number of nitrogens with zero attached hydrogens (tertiary/aromatic N) is 1. The van der Waals surface area contributed by atoms with Crippen LogP contribution in [0.25, 0.3) is 0 Å². The van der Waals surface area contributed by atoms with Crippen molar-refractivity contribution in [1.82, 2.24) is 10.6 Å². The molecule has 2 rings (SSSR count). The number of hydrogen-bond acceptors (Lipinski definition) is 8. The molecule has 0 aliphatic carbocycles. The van der Waals surface area contributed by atoms with Crippen LogP contribution in [0.3, 0.4) is 0 Å². The highest BCUT2D eigenvalue weighted by atomic mass is 16.6. The van der Waals surface area contributed by atoms with Gasteiger partial charge in [0, 0.05) is 5.56 Å². The van der Waals surface area contributed by atoms with E-state index in [-0.39, 0.29) is 13.2 Å². The number of aryl methyl sites for hydroxylation is 4. The highest BCUT2D eigenvalue weighted by Gasteiger charge is 2.22. The van der Waals surface area contributed by atoms with Crippen LogP contribution in [0.15, 0.2) is 24.3 Å². The van der Waals surface area contributed by atoms with E-state index in [1.165, 1.54) is 0 Å². The molecule has 3 amide bonds. The molecule has 2 aromatic rings. The smallest absolute Gasteiger partial charge is 0.407 e. The van der Waals surface area contributed by atoms with Crippen molar-refractivity contribution < 1.29 is 34.1 Å². The minimum atomic E-state index is -0.598. The lowest BCUT2D eigenvalue weighted by Crippen LogP contribution is -2.42. The number of carbonyl (C=O) groups is 3. The molecule has 11 nitrogen and oxygen atoms in total. The van der Waals surface area contributed by atoms with Crippen molar-refractivity contribution in [3.63, 3.8) is 0 Å². The van der Waals surface area contributed by atoms with Crippen molar-refractivity contribution in [1.29, 1.82) is 5.26 Å².